The van der Waals surface area contributed by atoms with Crippen LogP contribution in [0.1, 0.15) is 10.5 Å². The van der Waals surface area contributed by atoms with Gasteiger partial charge < -0.3 is 14.2 Å². The Balaban J connectivity index is 1.57. The van der Waals surface area contributed by atoms with Crippen molar-refractivity contribution in [3.05, 3.63) is 84.6 Å². The molecule has 34 heavy (non-hydrogen) atoms. The molecule has 1 amide bonds. The third-order valence-corrected chi connectivity index (χ3v) is 6.18. The zero-order valence-corrected chi connectivity index (χ0v) is 18.5. The van der Waals surface area contributed by atoms with E-state index >= 15 is 0 Å². The van der Waals surface area contributed by atoms with Gasteiger partial charge in [0.1, 0.15) is 11.4 Å². The molecule has 0 atom stereocenters. The zero-order chi connectivity index (χ0) is 23.4. The Morgan fingerprint density at radius 3 is 2.24 bits per heavy atom. The Bertz CT molecular complexity index is 1750. The Labute approximate surface area is 194 Å². The van der Waals surface area contributed by atoms with Crippen LogP contribution in [-0.4, -0.2) is 29.5 Å². The van der Waals surface area contributed by atoms with Crippen molar-refractivity contribution in [1.82, 2.24) is 18.5 Å². The molecule has 0 aliphatic heterocycles. The van der Waals surface area contributed by atoms with Crippen molar-refractivity contribution in [1.29, 1.82) is 0 Å². The molecular formula is C26H20N6O2. The number of aromatic hydroxyl groups is 1. The molecule has 0 unspecified atom stereocenters. The molecule has 166 valence electrons. The number of para-hydroxylation sites is 3. The zero-order valence-electron chi connectivity index (χ0n) is 18.5. The Hall–Kier alpha value is -4.72. The standard InChI is InChI=1S/C26H20N6O2/c1-30-18-13-7-6-12-17(18)22(25(30)34)28-29-24(33)23-21(16-10-4-3-5-11-16)27-26-31(2)19-14-8-9-15-20(19)32(23)26/h3-15,34H,1-2H3. The average molecular weight is 448 g/mol. The SMILES string of the molecule is Cn1c(O)c(N=NC(=O)c2c(-c3ccccc3)nc3n(C)c4ccccc4n23)c2ccccc21. The molecule has 3 aromatic carbocycles. The number of azo groups is 1. The Kier molecular flexibility index (Phi) is 4.35. The monoisotopic (exact) mass is 448 g/mol. The van der Waals surface area contributed by atoms with Crippen LogP contribution in [0.4, 0.5) is 5.69 Å². The molecule has 0 saturated heterocycles. The summed E-state index contributed by atoms with van der Waals surface area (Å²) in [5, 5.41) is 19.6. The van der Waals surface area contributed by atoms with E-state index < -0.39 is 5.91 Å². The largest absolute Gasteiger partial charge is 0.493 e. The van der Waals surface area contributed by atoms with Crippen LogP contribution >= 0.6 is 0 Å². The molecule has 0 saturated carbocycles. The first-order valence-electron chi connectivity index (χ1n) is 10.8. The minimum atomic E-state index is -0.546. The van der Waals surface area contributed by atoms with Gasteiger partial charge in [0.25, 0.3) is 0 Å². The van der Waals surface area contributed by atoms with Crippen LogP contribution in [0.25, 0.3) is 39.0 Å². The van der Waals surface area contributed by atoms with E-state index in [1.165, 1.54) is 0 Å². The second-order valence-electron chi connectivity index (χ2n) is 8.11. The molecule has 1 N–H and O–H groups in total. The molecule has 0 spiro atoms. The van der Waals surface area contributed by atoms with Gasteiger partial charge in [-0.15, -0.1) is 10.2 Å². The van der Waals surface area contributed by atoms with Crippen molar-refractivity contribution >= 4 is 39.3 Å². The lowest BCUT2D eigenvalue weighted by Crippen LogP contribution is -2.01. The number of hydrogen-bond acceptors (Lipinski definition) is 4. The predicted molar refractivity (Wildman–Crippen MR) is 131 cm³/mol. The molecule has 3 aromatic heterocycles. The highest BCUT2D eigenvalue weighted by molar-refractivity contribution is 6.02. The van der Waals surface area contributed by atoms with E-state index in [1.54, 1.807) is 11.6 Å². The van der Waals surface area contributed by atoms with Crippen LogP contribution in [-0.2, 0) is 14.1 Å². The first-order chi connectivity index (χ1) is 16.6. The lowest BCUT2D eigenvalue weighted by atomic mass is 10.1. The summed E-state index contributed by atoms with van der Waals surface area (Å²) in [6, 6.07) is 24.8. The van der Waals surface area contributed by atoms with Gasteiger partial charge in [-0.25, -0.2) is 4.98 Å². The summed E-state index contributed by atoms with van der Waals surface area (Å²) in [7, 11) is 3.66. The van der Waals surface area contributed by atoms with Crippen molar-refractivity contribution in [2.24, 2.45) is 24.3 Å². The van der Waals surface area contributed by atoms with Gasteiger partial charge >= 0.3 is 5.91 Å². The lowest BCUT2D eigenvalue weighted by molar-refractivity contribution is 0.0990. The smallest absolute Gasteiger partial charge is 0.314 e. The molecular weight excluding hydrogens is 428 g/mol. The number of benzene rings is 3. The van der Waals surface area contributed by atoms with Gasteiger partial charge in [-0.1, -0.05) is 60.7 Å². The normalized spacial score (nSPS) is 11.9. The molecule has 0 aliphatic carbocycles. The Morgan fingerprint density at radius 2 is 1.47 bits per heavy atom. The molecule has 0 fully saturated rings. The van der Waals surface area contributed by atoms with Crippen LogP contribution in [0, 0.1) is 0 Å². The number of rotatable bonds is 3. The average Bonchev–Trinajstić information content (AvgIpc) is 3.48. The fourth-order valence-corrected chi connectivity index (χ4v) is 4.50. The highest BCUT2D eigenvalue weighted by Gasteiger charge is 2.25. The van der Waals surface area contributed by atoms with Gasteiger partial charge in [-0.3, -0.25) is 9.20 Å². The fourth-order valence-electron chi connectivity index (χ4n) is 4.50. The summed E-state index contributed by atoms with van der Waals surface area (Å²) in [6.45, 7) is 0. The number of amides is 1. The Morgan fingerprint density at radius 1 is 0.824 bits per heavy atom. The molecule has 0 aliphatic rings. The summed E-state index contributed by atoms with van der Waals surface area (Å²) in [4.78, 5) is 18.4. The summed E-state index contributed by atoms with van der Waals surface area (Å²) in [6.07, 6.45) is 0. The number of nitrogens with zero attached hydrogens (tertiary/aromatic N) is 6. The highest BCUT2D eigenvalue weighted by Crippen LogP contribution is 2.38. The summed E-state index contributed by atoms with van der Waals surface area (Å²) in [5.41, 5.74) is 4.51. The lowest BCUT2D eigenvalue weighted by Gasteiger charge is -2.02. The summed E-state index contributed by atoms with van der Waals surface area (Å²) >= 11 is 0. The number of carbonyl (C=O) groups is 1. The second-order valence-corrected chi connectivity index (χ2v) is 8.11. The van der Waals surface area contributed by atoms with E-state index in [2.05, 4.69) is 10.2 Å². The van der Waals surface area contributed by atoms with Crippen molar-refractivity contribution in [2.45, 2.75) is 0 Å². The van der Waals surface area contributed by atoms with E-state index in [0.29, 0.717) is 22.6 Å². The first-order valence-corrected chi connectivity index (χ1v) is 10.8. The molecule has 3 heterocycles. The summed E-state index contributed by atoms with van der Waals surface area (Å²) < 4.78 is 5.39. The summed E-state index contributed by atoms with van der Waals surface area (Å²) in [5.74, 6) is 0.0336. The van der Waals surface area contributed by atoms with Gasteiger partial charge in [-0.05, 0) is 18.2 Å². The minimum absolute atomic E-state index is 0.0513. The maximum absolute atomic E-state index is 13.6. The molecule has 0 bridgehead atoms. The minimum Gasteiger partial charge on any atom is -0.493 e. The predicted octanol–water partition coefficient (Wildman–Crippen LogP) is 5.61. The number of fused-ring (bicyclic) bond motifs is 4. The van der Waals surface area contributed by atoms with Crippen LogP contribution in [0.5, 0.6) is 5.88 Å². The maximum atomic E-state index is 13.6. The molecule has 8 heteroatoms. The first kappa shape index (κ1) is 19.9. The maximum Gasteiger partial charge on any atom is 0.314 e. The van der Waals surface area contributed by atoms with Crippen LogP contribution in [0.2, 0.25) is 0 Å². The van der Waals surface area contributed by atoms with Crippen molar-refractivity contribution in [3.63, 3.8) is 0 Å². The number of aromatic nitrogens is 4. The fraction of sp³-hybridized carbons (Fsp3) is 0.0769. The van der Waals surface area contributed by atoms with Crippen molar-refractivity contribution in [3.8, 4) is 17.1 Å². The topological polar surface area (TPSA) is 89.2 Å². The van der Waals surface area contributed by atoms with E-state index in [9.17, 15) is 9.90 Å². The van der Waals surface area contributed by atoms with Crippen molar-refractivity contribution in [2.75, 3.05) is 0 Å². The van der Waals surface area contributed by atoms with Gasteiger partial charge in [0.2, 0.25) is 11.7 Å². The van der Waals surface area contributed by atoms with Crippen LogP contribution in [0.15, 0.2) is 89.1 Å². The van der Waals surface area contributed by atoms with Gasteiger partial charge in [0.05, 0.1) is 16.6 Å². The number of hydrogen-bond donors (Lipinski definition) is 1. The molecule has 6 aromatic rings. The van der Waals surface area contributed by atoms with Crippen LogP contribution < -0.4 is 0 Å². The van der Waals surface area contributed by atoms with Gasteiger partial charge in [0.15, 0.2) is 5.69 Å². The van der Waals surface area contributed by atoms with Crippen molar-refractivity contribution < 1.29 is 9.90 Å². The van der Waals surface area contributed by atoms with Gasteiger partial charge in [0, 0.05) is 25.0 Å². The van der Waals surface area contributed by atoms with Gasteiger partial charge in [-0.2, -0.15) is 0 Å². The number of carbonyl (C=O) groups excluding carboxylic acids is 1. The van der Waals surface area contributed by atoms with E-state index in [-0.39, 0.29) is 11.6 Å². The number of imidazole rings is 2. The van der Waals surface area contributed by atoms with E-state index in [4.69, 9.17) is 4.98 Å². The second kappa shape index (κ2) is 7.41. The van der Waals surface area contributed by atoms with Crippen LogP contribution in [0.3, 0.4) is 0 Å². The number of aryl methyl sites for hydroxylation is 2. The molecule has 8 nitrogen and oxygen atoms in total. The van der Waals surface area contributed by atoms with E-state index in [1.807, 2.05) is 94.9 Å². The third-order valence-electron chi connectivity index (χ3n) is 6.18. The quantitative estimate of drug-likeness (QED) is 0.357. The van der Waals surface area contributed by atoms with E-state index in [0.717, 1.165) is 22.1 Å². The highest BCUT2D eigenvalue weighted by atomic mass is 16.3. The molecule has 0 radical (unpaired) electrons. The third kappa shape index (κ3) is 2.78. The molecule has 6 rings (SSSR count).